The molecule has 0 bridgehead atoms. The monoisotopic (exact) mass is 1530 g/mol. The van der Waals surface area contributed by atoms with Crippen molar-refractivity contribution in [2.24, 2.45) is 11.8 Å². The first-order chi connectivity index (χ1) is 59.6. The van der Waals surface area contributed by atoms with Crippen molar-refractivity contribution >= 4 is 142 Å². The highest BCUT2D eigenvalue weighted by Gasteiger charge is 2.51. The zero-order valence-electron chi connectivity index (χ0n) is 66.7. The van der Waals surface area contributed by atoms with Gasteiger partial charge in [-0.2, -0.15) is 0 Å². The van der Waals surface area contributed by atoms with E-state index in [-0.39, 0.29) is 0 Å². The minimum atomic E-state index is -0.749. The van der Waals surface area contributed by atoms with Crippen LogP contribution in [-0.4, -0.2) is 9.13 Å². The maximum atomic E-state index is 2.75. The van der Waals surface area contributed by atoms with E-state index in [2.05, 4.69) is 407 Å². The Balaban J connectivity index is 0.715. The second kappa shape index (κ2) is 26.2. The lowest BCUT2D eigenvalue weighted by Crippen LogP contribution is -2.37. The topological polar surface area (TPSA) is 16.3 Å². The van der Waals surface area contributed by atoms with Gasteiger partial charge in [-0.05, 0) is 279 Å². The molecule has 4 heteroatoms. The predicted octanol–water partition coefficient (Wildman–Crippen LogP) is 30.7. The van der Waals surface area contributed by atoms with Crippen LogP contribution in [0.1, 0.15) is 119 Å². The van der Waals surface area contributed by atoms with Crippen molar-refractivity contribution in [3.8, 4) is 11.4 Å². The van der Waals surface area contributed by atoms with E-state index in [9.17, 15) is 0 Å². The fourth-order valence-electron chi connectivity index (χ4n) is 24.6. The number of nitrogens with zero attached hydrogens (tertiary/aromatic N) is 4. The van der Waals surface area contributed by atoms with Gasteiger partial charge in [-0.1, -0.05) is 305 Å². The Morgan fingerprint density at radius 3 is 0.908 bits per heavy atom. The summed E-state index contributed by atoms with van der Waals surface area (Å²) in [6.45, 7) is 0. The van der Waals surface area contributed by atoms with Crippen LogP contribution in [-0.2, 0) is 10.8 Å². The number of rotatable bonds is 8. The summed E-state index contributed by atoms with van der Waals surface area (Å²) < 4.78 is 5.19. The summed E-state index contributed by atoms with van der Waals surface area (Å²) in [6.07, 6.45) is 10.7. The Labute approximate surface area is 697 Å². The minimum absolute atomic E-state index is 0.605. The lowest BCUT2D eigenvalue weighted by molar-refractivity contribution is 0.129. The Bertz CT molecular complexity index is 7720. The number of hydrogen-bond acceptors (Lipinski definition) is 2. The molecule has 4 nitrogen and oxygen atoms in total. The van der Waals surface area contributed by atoms with Crippen LogP contribution >= 0.6 is 0 Å². The summed E-state index contributed by atoms with van der Waals surface area (Å²) in [7, 11) is 0. The first kappa shape index (κ1) is 68.0. The molecule has 4 unspecified atom stereocenters. The number of anilines is 6. The lowest BCUT2D eigenvalue weighted by Gasteiger charge is -2.49. The Kier molecular flexibility index (Phi) is 14.9. The van der Waals surface area contributed by atoms with Crippen molar-refractivity contribution in [1.29, 1.82) is 0 Å². The molecule has 0 N–H and O–H groups in total. The zero-order valence-corrected chi connectivity index (χ0v) is 66.7. The number of hydrogen-bond donors (Lipinski definition) is 0. The average Bonchev–Trinajstić information content (AvgIpc) is 1.20. The van der Waals surface area contributed by atoms with Gasteiger partial charge in [-0.15, -0.1) is 0 Å². The highest BCUT2D eigenvalue weighted by Crippen LogP contribution is 2.64. The SMILES string of the molecule is c1ccc(-n2c3cc4c(cc3c3cc5c(cc32)N(c2ccc3c6ccc(N7c8ccccc8C(c8ccccc8)(c8ccccc8)c8cc9c%10cc%11c%12ccccc%12c%12ccccc%12c%11cc%10n(-c%10ccccc%10)c9cc87)cc6c6ccccc6c3c2)c2ccccc2C5(c2ccccc2)c2ccccc2)C2CCCCC2C2CCCCC42)cc1. The van der Waals surface area contributed by atoms with Crippen molar-refractivity contribution < 1.29 is 0 Å². The molecule has 21 aromatic rings. The molecule has 0 amide bonds. The average molecular weight is 1530 g/mol. The molecule has 568 valence electrons. The number of para-hydroxylation sites is 4. The molecule has 120 heavy (non-hydrogen) atoms. The van der Waals surface area contributed by atoms with Crippen molar-refractivity contribution in [3.63, 3.8) is 0 Å². The van der Waals surface area contributed by atoms with Gasteiger partial charge in [0.15, 0.2) is 0 Å². The number of aromatic nitrogens is 2. The van der Waals surface area contributed by atoms with Crippen LogP contribution in [0.5, 0.6) is 0 Å². The third-order valence-corrected chi connectivity index (χ3v) is 29.4. The van der Waals surface area contributed by atoms with Gasteiger partial charge in [-0.25, -0.2) is 0 Å². The molecule has 26 rings (SSSR count). The van der Waals surface area contributed by atoms with Crippen LogP contribution in [0.25, 0.3) is 120 Å². The maximum Gasteiger partial charge on any atom is 0.0742 e. The van der Waals surface area contributed by atoms with Crippen LogP contribution in [0.3, 0.4) is 0 Å². The molecule has 19 aromatic carbocycles. The largest absolute Gasteiger partial charge is 0.310 e. The summed E-state index contributed by atoms with van der Waals surface area (Å²) in [4.78, 5) is 5.25. The van der Waals surface area contributed by atoms with Gasteiger partial charge < -0.3 is 18.9 Å². The molecule has 2 fully saturated rings. The third-order valence-electron chi connectivity index (χ3n) is 29.4. The fraction of sp³-hybridized carbons (Fsp3) is 0.121. The van der Waals surface area contributed by atoms with E-state index in [0.29, 0.717) is 11.8 Å². The van der Waals surface area contributed by atoms with Gasteiger partial charge in [0.2, 0.25) is 0 Å². The highest BCUT2D eigenvalue weighted by molar-refractivity contribution is 6.30. The molecule has 4 heterocycles. The third kappa shape index (κ3) is 9.48. The van der Waals surface area contributed by atoms with Crippen molar-refractivity contribution in [2.45, 2.75) is 74.0 Å². The molecule has 2 aliphatic heterocycles. The van der Waals surface area contributed by atoms with Gasteiger partial charge in [0.1, 0.15) is 0 Å². The van der Waals surface area contributed by atoms with Gasteiger partial charge >= 0.3 is 0 Å². The lowest BCUT2D eigenvalue weighted by atomic mass is 9.56. The smallest absolute Gasteiger partial charge is 0.0742 e. The Morgan fingerprint density at radius 1 is 0.192 bits per heavy atom. The van der Waals surface area contributed by atoms with Crippen molar-refractivity contribution in [3.05, 3.63) is 444 Å². The molecule has 5 aliphatic rings. The van der Waals surface area contributed by atoms with Crippen LogP contribution in [0.15, 0.2) is 388 Å². The second-order valence-electron chi connectivity index (χ2n) is 34.9. The van der Waals surface area contributed by atoms with Gasteiger partial charge in [0, 0.05) is 44.3 Å². The molecular formula is C116H84N4. The van der Waals surface area contributed by atoms with Crippen LogP contribution in [0.2, 0.25) is 0 Å². The highest BCUT2D eigenvalue weighted by atomic mass is 15.2. The molecule has 2 saturated carbocycles. The standard InChI is InChI=1S/C116H84N4/c1-7-33-73(34-8-1)115(74-35-9-2-10-36-74)103-55-29-31-57-107(103)119(113-71-111-101(67-105(113)115)99-65-95-85-49-23-19-45-81(85)83-47-21-25-51-87(83)97(95)69-109(99)117(111)77-41-15-5-16-42-77)79-59-61-91-92-62-60-80(64-94(92)90-54-28-27-53-89(90)93(91)63-79)120-108-58-32-30-56-104(108)116(75-37-11-3-12-38-75,76-39-13-4-14-40-76)106-68-102-100-66-96-86-50-24-20-46-82(86)84-48-22-26-52-88(84)98(96)70-110(100)118(112(102)72-114(106)120)78-43-17-6-18-44-78/h1-19,21,23,25,27-45,47,49,51,53-72,82,84,86,88H,20,22,24,26,46,48,50,52H2. The van der Waals surface area contributed by atoms with Gasteiger partial charge in [0.25, 0.3) is 0 Å². The zero-order chi connectivity index (χ0) is 78.5. The van der Waals surface area contributed by atoms with Crippen LogP contribution in [0.4, 0.5) is 34.1 Å². The minimum Gasteiger partial charge on any atom is -0.310 e. The molecule has 3 aliphatic carbocycles. The quantitative estimate of drug-likeness (QED) is 0.141. The van der Waals surface area contributed by atoms with Crippen LogP contribution < -0.4 is 9.80 Å². The first-order valence-electron chi connectivity index (χ1n) is 43.6. The van der Waals surface area contributed by atoms with E-state index >= 15 is 0 Å². The first-order valence-corrected chi connectivity index (χ1v) is 43.6. The van der Waals surface area contributed by atoms with E-state index in [1.54, 1.807) is 11.1 Å². The normalized spacial score (nSPS) is 17.7. The van der Waals surface area contributed by atoms with Gasteiger partial charge in [-0.3, -0.25) is 0 Å². The molecule has 2 aromatic heterocycles. The summed E-state index contributed by atoms with van der Waals surface area (Å²) in [5.74, 6) is 2.75. The fourth-order valence-corrected chi connectivity index (χ4v) is 24.6. The number of fused-ring (bicyclic) bond motifs is 28. The van der Waals surface area contributed by atoms with Gasteiger partial charge in [0.05, 0.1) is 55.6 Å². The summed E-state index contributed by atoms with van der Waals surface area (Å²) in [5.41, 5.74) is 25.7. The van der Waals surface area contributed by atoms with Crippen LogP contribution in [0, 0.1) is 11.8 Å². The van der Waals surface area contributed by atoms with Crippen molar-refractivity contribution in [2.75, 3.05) is 9.80 Å². The predicted molar refractivity (Wildman–Crippen MR) is 503 cm³/mol. The van der Waals surface area contributed by atoms with E-state index in [1.807, 2.05) is 0 Å². The Hall–Kier alpha value is -14.1. The summed E-state index contributed by atoms with van der Waals surface area (Å²) >= 11 is 0. The van der Waals surface area contributed by atoms with E-state index in [0.717, 1.165) is 45.8 Å². The summed E-state index contributed by atoms with van der Waals surface area (Å²) in [6, 6.07) is 150. The number of benzene rings is 19. The molecule has 4 atom stereocenters. The molecule has 0 spiro atoms. The molecule has 0 radical (unpaired) electrons. The maximum absolute atomic E-state index is 2.75. The van der Waals surface area contributed by atoms with E-state index < -0.39 is 10.8 Å². The summed E-state index contributed by atoms with van der Waals surface area (Å²) in [5, 5.41) is 19.9. The Morgan fingerprint density at radius 2 is 0.492 bits per heavy atom. The second-order valence-corrected chi connectivity index (χ2v) is 34.9. The van der Waals surface area contributed by atoms with E-state index in [4.69, 9.17) is 0 Å². The molecule has 0 saturated heterocycles. The molecular weight excluding hydrogens is 1450 g/mol. The van der Waals surface area contributed by atoms with E-state index in [1.165, 1.54) is 216 Å². The van der Waals surface area contributed by atoms with Crippen molar-refractivity contribution in [1.82, 2.24) is 9.13 Å².